The van der Waals surface area contributed by atoms with Crippen LogP contribution in [0, 0.1) is 0 Å². The van der Waals surface area contributed by atoms with Crippen molar-refractivity contribution < 1.29 is 23.8 Å². The molecule has 162 valence electrons. The highest BCUT2D eigenvalue weighted by Crippen LogP contribution is 2.36. The first-order chi connectivity index (χ1) is 14.9. The molecule has 1 N–H and O–H groups in total. The summed E-state index contributed by atoms with van der Waals surface area (Å²) in [6, 6.07) is 10.3. The van der Waals surface area contributed by atoms with E-state index >= 15 is 0 Å². The van der Waals surface area contributed by atoms with Gasteiger partial charge in [-0.3, -0.25) is 4.79 Å². The van der Waals surface area contributed by atoms with E-state index in [9.17, 15) is 9.59 Å². The molecule has 10 heteroatoms. The van der Waals surface area contributed by atoms with Crippen LogP contribution in [-0.4, -0.2) is 37.4 Å². The van der Waals surface area contributed by atoms with Gasteiger partial charge in [0.15, 0.2) is 17.5 Å². The highest BCUT2D eigenvalue weighted by Gasteiger charge is 2.24. The number of aliphatic imine (C=N–C) groups is 1. The Balaban J connectivity index is 1.74. The average Bonchev–Trinajstić information content (AvgIpc) is 3.06. The maximum Gasteiger partial charge on any atom is 0.344 e. The van der Waals surface area contributed by atoms with Crippen molar-refractivity contribution in [2.75, 3.05) is 20.3 Å². The van der Waals surface area contributed by atoms with E-state index in [0.717, 1.165) is 5.75 Å². The Hall–Kier alpha value is -2.68. The Bertz CT molecular complexity index is 1030. The van der Waals surface area contributed by atoms with Crippen molar-refractivity contribution in [2.45, 2.75) is 6.92 Å². The van der Waals surface area contributed by atoms with Gasteiger partial charge in [-0.15, -0.1) is 0 Å². The third kappa shape index (κ3) is 6.16. The smallest absolute Gasteiger partial charge is 0.344 e. The number of amides is 1. The number of benzene rings is 2. The fourth-order valence-electron chi connectivity index (χ4n) is 2.54. The van der Waals surface area contributed by atoms with Crippen LogP contribution in [0.1, 0.15) is 12.5 Å². The molecule has 2 aromatic rings. The lowest BCUT2D eigenvalue weighted by Gasteiger charge is -2.10. The van der Waals surface area contributed by atoms with Crippen LogP contribution in [0.25, 0.3) is 6.08 Å². The topological polar surface area (TPSA) is 86.2 Å². The number of methoxy groups -OCH3 is 1. The molecule has 0 unspecified atom stereocenters. The third-order valence-corrected chi connectivity index (χ3v) is 5.38. The summed E-state index contributed by atoms with van der Waals surface area (Å²) < 4.78 is 15.3. The third-order valence-electron chi connectivity index (χ3n) is 3.91. The minimum absolute atomic E-state index is 0.170. The molecule has 0 bridgehead atoms. The normalized spacial score (nSPS) is 15.8. The fraction of sp³-hybridized carbons (Fsp3) is 0.190. The number of nitrogens with zero attached hydrogens (tertiary/aromatic N) is 1. The molecule has 1 heterocycles. The molecule has 31 heavy (non-hydrogen) atoms. The summed E-state index contributed by atoms with van der Waals surface area (Å²) in [6.45, 7) is 1.64. The molecule has 0 aromatic heterocycles. The predicted octanol–water partition coefficient (Wildman–Crippen LogP) is 4.84. The molecular weight excluding hydrogens is 463 g/mol. The molecular formula is C21H18Cl2N2O5S. The summed E-state index contributed by atoms with van der Waals surface area (Å²) in [5.74, 6) is 0.0792. The van der Waals surface area contributed by atoms with Crippen molar-refractivity contribution in [1.29, 1.82) is 0 Å². The number of ether oxygens (including phenoxy) is 3. The van der Waals surface area contributed by atoms with Crippen LogP contribution in [0.4, 0.5) is 5.69 Å². The first-order valence-corrected chi connectivity index (χ1v) is 10.7. The molecule has 0 spiro atoms. The lowest BCUT2D eigenvalue weighted by atomic mass is 10.2. The second-order valence-electron chi connectivity index (χ2n) is 6.09. The van der Waals surface area contributed by atoms with Crippen molar-refractivity contribution in [3.05, 3.63) is 56.9 Å². The lowest BCUT2D eigenvalue weighted by molar-refractivity contribution is -0.145. The van der Waals surface area contributed by atoms with Gasteiger partial charge in [0.2, 0.25) is 0 Å². The van der Waals surface area contributed by atoms with Gasteiger partial charge >= 0.3 is 5.97 Å². The highest BCUT2D eigenvalue weighted by atomic mass is 35.5. The van der Waals surface area contributed by atoms with Crippen LogP contribution in [0.5, 0.6) is 11.5 Å². The predicted molar refractivity (Wildman–Crippen MR) is 122 cm³/mol. The fourth-order valence-corrected chi connectivity index (χ4v) is 4.00. The number of rotatable bonds is 7. The minimum atomic E-state index is -0.525. The van der Waals surface area contributed by atoms with E-state index in [-0.39, 0.29) is 34.9 Å². The monoisotopic (exact) mass is 480 g/mol. The number of thioether (sulfide) groups is 1. The Morgan fingerprint density at radius 3 is 2.48 bits per heavy atom. The van der Waals surface area contributed by atoms with E-state index in [4.69, 9.17) is 37.4 Å². The molecule has 0 atom stereocenters. The van der Waals surface area contributed by atoms with Gasteiger partial charge in [0, 0.05) is 0 Å². The van der Waals surface area contributed by atoms with Crippen molar-refractivity contribution in [3.8, 4) is 11.5 Å². The first-order valence-electron chi connectivity index (χ1n) is 9.10. The maximum atomic E-state index is 12.3. The van der Waals surface area contributed by atoms with Crippen molar-refractivity contribution in [1.82, 2.24) is 5.32 Å². The number of carbonyl (C=O) groups excluding carboxylic acids is 2. The second kappa shape index (κ2) is 10.6. The molecule has 3 rings (SSSR count). The molecule has 1 fully saturated rings. The summed E-state index contributed by atoms with van der Waals surface area (Å²) in [5, 5.41) is 3.59. The Labute approximate surface area is 193 Å². The lowest BCUT2D eigenvalue weighted by Crippen LogP contribution is -2.19. The number of hydrogen-bond acceptors (Lipinski definition) is 7. The van der Waals surface area contributed by atoms with Crippen molar-refractivity contribution in [2.24, 2.45) is 4.99 Å². The van der Waals surface area contributed by atoms with Crippen LogP contribution >= 0.6 is 35.0 Å². The van der Waals surface area contributed by atoms with E-state index in [1.165, 1.54) is 11.8 Å². The van der Waals surface area contributed by atoms with E-state index in [0.29, 0.717) is 21.3 Å². The summed E-state index contributed by atoms with van der Waals surface area (Å²) in [4.78, 5) is 28.6. The van der Waals surface area contributed by atoms with Crippen molar-refractivity contribution in [3.63, 3.8) is 0 Å². The number of amidine groups is 1. The van der Waals surface area contributed by atoms with Gasteiger partial charge in [-0.05, 0) is 66.7 Å². The zero-order valence-electron chi connectivity index (χ0n) is 16.6. The second-order valence-corrected chi connectivity index (χ2v) is 7.93. The average molecular weight is 481 g/mol. The highest BCUT2D eigenvalue weighted by molar-refractivity contribution is 8.18. The number of nitrogens with one attached hydrogen (secondary N) is 1. The summed E-state index contributed by atoms with van der Waals surface area (Å²) in [6.07, 6.45) is 1.64. The van der Waals surface area contributed by atoms with Gasteiger partial charge in [0.1, 0.15) is 5.75 Å². The molecule has 2 aromatic carbocycles. The van der Waals surface area contributed by atoms with Crippen LogP contribution in [0.2, 0.25) is 10.0 Å². The molecule has 0 aliphatic carbocycles. The first kappa shape index (κ1) is 23.0. The molecule has 0 radical (unpaired) electrons. The maximum absolute atomic E-state index is 12.3. The molecule has 1 aliphatic heterocycles. The number of esters is 1. The van der Waals surface area contributed by atoms with E-state index in [1.54, 1.807) is 56.5 Å². The summed E-state index contributed by atoms with van der Waals surface area (Å²) >= 11 is 13.7. The molecule has 1 amide bonds. The Morgan fingerprint density at radius 1 is 1.19 bits per heavy atom. The number of carbonyl (C=O) groups is 2. The quantitative estimate of drug-likeness (QED) is 0.450. The Morgan fingerprint density at radius 2 is 1.87 bits per heavy atom. The largest absolute Gasteiger partial charge is 0.497 e. The zero-order valence-corrected chi connectivity index (χ0v) is 18.9. The summed E-state index contributed by atoms with van der Waals surface area (Å²) in [5.41, 5.74) is 1.28. The van der Waals surface area contributed by atoms with Gasteiger partial charge < -0.3 is 19.5 Å². The van der Waals surface area contributed by atoms with Crippen LogP contribution < -0.4 is 14.8 Å². The van der Waals surface area contributed by atoms with Gasteiger partial charge in [-0.25, -0.2) is 9.79 Å². The standard InChI is InChI=1S/C21H18Cl2N2O5S/c1-3-29-18(26)11-30-19-15(22)8-12(9-16(19)23)10-17-20(27)25-21(31-17)24-13-4-6-14(28-2)7-5-13/h4-10H,3,11H2,1-2H3,(H,24,25,27)/b17-10+. The molecule has 1 aliphatic rings. The van der Waals surface area contributed by atoms with Gasteiger partial charge in [0.05, 0.1) is 34.4 Å². The Kier molecular flexibility index (Phi) is 7.84. The van der Waals surface area contributed by atoms with Crippen LogP contribution in [-0.2, 0) is 14.3 Å². The van der Waals surface area contributed by atoms with Gasteiger partial charge in [0.25, 0.3) is 5.91 Å². The molecule has 7 nitrogen and oxygen atoms in total. The van der Waals surface area contributed by atoms with Crippen molar-refractivity contribution >= 4 is 63.8 Å². The molecule has 1 saturated heterocycles. The minimum Gasteiger partial charge on any atom is -0.497 e. The van der Waals surface area contributed by atoms with Gasteiger partial charge in [-0.1, -0.05) is 23.2 Å². The number of halogens is 2. The van der Waals surface area contributed by atoms with E-state index in [1.807, 2.05) is 0 Å². The summed E-state index contributed by atoms with van der Waals surface area (Å²) in [7, 11) is 1.59. The zero-order chi connectivity index (χ0) is 22.4. The van der Waals surface area contributed by atoms with E-state index < -0.39 is 5.97 Å². The SMILES string of the molecule is CCOC(=O)COc1c(Cl)cc(/C=C2/SC(=Nc3ccc(OC)cc3)NC2=O)cc1Cl. The van der Waals surface area contributed by atoms with Gasteiger partial charge in [-0.2, -0.15) is 0 Å². The van der Waals surface area contributed by atoms with Crippen LogP contribution in [0.3, 0.4) is 0 Å². The van der Waals surface area contributed by atoms with Crippen LogP contribution in [0.15, 0.2) is 46.3 Å². The number of hydrogen-bond donors (Lipinski definition) is 1. The van der Waals surface area contributed by atoms with E-state index in [2.05, 4.69) is 10.3 Å². The molecule has 0 saturated carbocycles.